The van der Waals surface area contributed by atoms with E-state index in [2.05, 4.69) is 15.6 Å². The first-order valence-corrected chi connectivity index (χ1v) is 9.17. The Kier molecular flexibility index (Phi) is 5.81. The lowest BCUT2D eigenvalue weighted by atomic mass is 10.1. The molecule has 0 fully saturated rings. The maximum Gasteiger partial charge on any atom is 0.171 e. The molecule has 0 bridgehead atoms. The van der Waals surface area contributed by atoms with Crippen LogP contribution in [0.1, 0.15) is 23.0 Å². The number of hydrogen-bond donors (Lipinski definition) is 2. The van der Waals surface area contributed by atoms with Crippen LogP contribution in [0.2, 0.25) is 10.0 Å². The number of aromatic nitrogens is 2. The number of hydrogen-bond acceptors (Lipinski definition) is 2. The lowest BCUT2D eigenvalue weighted by molar-refractivity contribution is 0.664. The molecule has 0 unspecified atom stereocenters. The summed E-state index contributed by atoms with van der Waals surface area (Å²) in [5.41, 5.74) is 2.85. The predicted molar refractivity (Wildman–Crippen MR) is 112 cm³/mol. The van der Waals surface area contributed by atoms with Gasteiger partial charge in [-0.1, -0.05) is 41.4 Å². The summed E-state index contributed by atoms with van der Waals surface area (Å²) in [6, 6.07) is 13.1. The van der Waals surface area contributed by atoms with Crippen LogP contribution in [0.4, 0.5) is 5.69 Å². The van der Waals surface area contributed by atoms with Crippen molar-refractivity contribution in [3.63, 3.8) is 0 Å². The van der Waals surface area contributed by atoms with Crippen LogP contribution >= 0.6 is 35.4 Å². The Balaban J connectivity index is 1.83. The van der Waals surface area contributed by atoms with Crippen molar-refractivity contribution < 1.29 is 0 Å². The maximum atomic E-state index is 6.19. The van der Waals surface area contributed by atoms with Gasteiger partial charge in [0.15, 0.2) is 5.11 Å². The van der Waals surface area contributed by atoms with E-state index in [1.165, 1.54) is 0 Å². The molecule has 7 heteroatoms. The minimum Gasteiger partial charge on any atom is -0.348 e. The standard InChI is InChI=1S/C19H18Cl2N4S/c1-12-3-8-15(11-16(12)21)23-19(26)24-17(18-22-9-10-25(18)2)13-4-6-14(20)7-5-13/h3-11,17H,1-2H3,(H2,23,24,26)/t17-/m0/s1. The minimum atomic E-state index is -0.215. The number of nitrogens with zero attached hydrogens (tertiary/aromatic N) is 2. The third-order valence-corrected chi connectivity index (χ3v) is 4.90. The number of benzene rings is 2. The van der Waals surface area contributed by atoms with Gasteiger partial charge in [0.2, 0.25) is 0 Å². The van der Waals surface area contributed by atoms with E-state index in [1.807, 2.05) is 67.2 Å². The normalized spacial score (nSPS) is 11.8. The summed E-state index contributed by atoms with van der Waals surface area (Å²) in [5.74, 6) is 0.846. The van der Waals surface area contributed by atoms with Gasteiger partial charge in [-0.25, -0.2) is 4.98 Å². The first kappa shape index (κ1) is 18.7. The summed E-state index contributed by atoms with van der Waals surface area (Å²) < 4.78 is 1.96. The molecule has 0 amide bonds. The molecule has 1 heterocycles. The lowest BCUT2D eigenvalue weighted by Gasteiger charge is -2.21. The largest absolute Gasteiger partial charge is 0.348 e. The van der Waals surface area contributed by atoms with E-state index >= 15 is 0 Å². The highest BCUT2D eigenvalue weighted by Crippen LogP contribution is 2.23. The van der Waals surface area contributed by atoms with Crippen LogP contribution in [0.3, 0.4) is 0 Å². The van der Waals surface area contributed by atoms with E-state index in [4.69, 9.17) is 35.4 Å². The molecule has 0 spiro atoms. The highest BCUT2D eigenvalue weighted by atomic mass is 35.5. The van der Waals surface area contributed by atoms with E-state index in [9.17, 15) is 0 Å². The third kappa shape index (κ3) is 4.36. The van der Waals surface area contributed by atoms with Gasteiger partial charge in [-0.05, 0) is 54.5 Å². The van der Waals surface area contributed by atoms with Crippen LogP contribution in [-0.2, 0) is 7.05 Å². The molecule has 0 saturated carbocycles. The summed E-state index contributed by atoms with van der Waals surface area (Å²) in [6.07, 6.45) is 3.66. The van der Waals surface area contributed by atoms with Crippen molar-refractivity contribution in [3.05, 3.63) is 81.9 Å². The van der Waals surface area contributed by atoms with Crippen LogP contribution in [-0.4, -0.2) is 14.7 Å². The van der Waals surface area contributed by atoms with Crippen LogP contribution in [0.5, 0.6) is 0 Å². The molecule has 0 aliphatic heterocycles. The molecule has 3 rings (SSSR count). The summed E-state index contributed by atoms with van der Waals surface area (Å²) in [6.45, 7) is 1.96. The average molecular weight is 405 g/mol. The number of anilines is 1. The average Bonchev–Trinajstić information content (AvgIpc) is 3.03. The van der Waals surface area contributed by atoms with Gasteiger partial charge in [0.1, 0.15) is 11.9 Å². The molecular formula is C19H18Cl2N4S. The number of thiocarbonyl (C=S) groups is 1. The van der Waals surface area contributed by atoms with Crippen molar-refractivity contribution >= 4 is 46.2 Å². The van der Waals surface area contributed by atoms with Crippen molar-refractivity contribution in [2.24, 2.45) is 7.05 Å². The summed E-state index contributed by atoms with van der Waals surface area (Å²) in [4.78, 5) is 4.46. The summed E-state index contributed by atoms with van der Waals surface area (Å²) in [7, 11) is 1.95. The van der Waals surface area contributed by atoms with Crippen LogP contribution < -0.4 is 10.6 Å². The smallest absolute Gasteiger partial charge is 0.171 e. The summed E-state index contributed by atoms with van der Waals surface area (Å²) >= 11 is 17.7. The number of rotatable bonds is 4. The maximum absolute atomic E-state index is 6.19. The van der Waals surface area contributed by atoms with Gasteiger partial charge in [-0.15, -0.1) is 0 Å². The molecule has 4 nitrogen and oxygen atoms in total. The van der Waals surface area contributed by atoms with E-state index in [0.29, 0.717) is 15.2 Å². The monoisotopic (exact) mass is 404 g/mol. The lowest BCUT2D eigenvalue weighted by Crippen LogP contribution is -2.34. The van der Waals surface area contributed by atoms with Gasteiger partial charge in [-0.3, -0.25) is 0 Å². The quantitative estimate of drug-likeness (QED) is 0.592. The Bertz CT molecular complexity index is 922. The zero-order chi connectivity index (χ0) is 18.7. The Labute approximate surface area is 168 Å². The molecule has 26 heavy (non-hydrogen) atoms. The molecular weight excluding hydrogens is 387 g/mol. The van der Waals surface area contributed by atoms with E-state index < -0.39 is 0 Å². The Hall–Kier alpha value is -2.08. The number of halogens is 2. The van der Waals surface area contributed by atoms with Crippen molar-refractivity contribution in [1.29, 1.82) is 0 Å². The van der Waals surface area contributed by atoms with Crippen molar-refractivity contribution in [2.45, 2.75) is 13.0 Å². The molecule has 0 radical (unpaired) electrons. The fourth-order valence-electron chi connectivity index (χ4n) is 2.58. The van der Waals surface area contributed by atoms with Gasteiger partial charge in [0, 0.05) is 35.2 Å². The molecule has 2 N–H and O–H groups in total. The molecule has 0 aliphatic rings. The van der Waals surface area contributed by atoms with E-state index in [0.717, 1.165) is 22.6 Å². The molecule has 3 aromatic rings. The second kappa shape index (κ2) is 8.08. The Morgan fingerprint density at radius 1 is 1.15 bits per heavy atom. The fraction of sp³-hybridized carbons (Fsp3) is 0.158. The van der Waals surface area contributed by atoms with E-state index in [-0.39, 0.29) is 6.04 Å². The van der Waals surface area contributed by atoms with Gasteiger partial charge in [-0.2, -0.15) is 0 Å². The second-order valence-electron chi connectivity index (χ2n) is 5.94. The molecule has 0 saturated heterocycles. The van der Waals surface area contributed by atoms with E-state index in [1.54, 1.807) is 6.20 Å². The number of nitrogens with one attached hydrogen (secondary N) is 2. The first-order chi connectivity index (χ1) is 12.4. The van der Waals surface area contributed by atoms with Gasteiger partial charge in [0.25, 0.3) is 0 Å². The molecule has 1 atom stereocenters. The Morgan fingerprint density at radius 3 is 2.50 bits per heavy atom. The van der Waals surface area contributed by atoms with Crippen LogP contribution in [0, 0.1) is 6.92 Å². The summed E-state index contributed by atoms with van der Waals surface area (Å²) in [5, 5.41) is 8.36. The van der Waals surface area contributed by atoms with Crippen LogP contribution in [0.25, 0.3) is 0 Å². The number of aryl methyl sites for hydroxylation is 2. The van der Waals surface area contributed by atoms with Crippen molar-refractivity contribution in [2.75, 3.05) is 5.32 Å². The zero-order valence-electron chi connectivity index (χ0n) is 14.3. The molecule has 2 aromatic carbocycles. The highest BCUT2D eigenvalue weighted by Gasteiger charge is 2.19. The zero-order valence-corrected chi connectivity index (χ0v) is 16.7. The molecule has 0 aliphatic carbocycles. The second-order valence-corrected chi connectivity index (χ2v) is 7.20. The van der Waals surface area contributed by atoms with Crippen molar-refractivity contribution in [1.82, 2.24) is 14.9 Å². The molecule has 134 valence electrons. The highest BCUT2D eigenvalue weighted by molar-refractivity contribution is 7.80. The van der Waals surface area contributed by atoms with Crippen LogP contribution in [0.15, 0.2) is 54.9 Å². The first-order valence-electron chi connectivity index (χ1n) is 8.00. The van der Waals surface area contributed by atoms with Gasteiger partial charge >= 0.3 is 0 Å². The minimum absolute atomic E-state index is 0.215. The molecule has 1 aromatic heterocycles. The SMILES string of the molecule is Cc1ccc(NC(=S)N[C@@H](c2ccc(Cl)cc2)c2nccn2C)cc1Cl. The van der Waals surface area contributed by atoms with Crippen molar-refractivity contribution in [3.8, 4) is 0 Å². The Morgan fingerprint density at radius 2 is 1.88 bits per heavy atom. The third-order valence-electron chi connectivity index (χ3n) is 4.03. The number of imidazole rings is 1. The predicted octanol–water partition coefficient (Wildman–Crippen LogP) is 5.11. The fourth-order valence-corrected chi connectivity index (χ4v) is 3.12. The van der Waals surface area contributed by atoms with Gasteiger partial charge in [0.05, 0.1) is 0 Å². The van der Waals surface area contributed by atoms with Gasteiger partial charge < -0.3 is 15.2 Å². The topological polar surface area (TPSA) is 41.9 Å².